The van der Waals surface area contributed by atoms with Crippen LogP contribution in [0.4, 0.5) is 0 Å². The third kappa shape index (κ3) is 2.44. The van der Waals surface area contributed by atoms with Crippen LogP contribution >= 0.6 is 0 Å². The highest BCUT2D eigenvalue weighted by atomic mass is 14.7. The molecule has 7 rings (SSSR count). The van der Waals surface area contributed by atoms with Crippen LogP contribution < -0.4 is 0 Å². The van der Waals surface area contributed by atoms with Crippen molar-refractivity contribution in [3.05, 3.63) is 108 Å². The first-order valence-electron chi connectivity index (χ1n) is 11.4. The first-order chi connectivity index (χ1) is 16.1. The molecule has 6 aromatic rings. The van der Waals surface area contributed by atoms with E-state index < -0.39 is 0 Å². The van der Waals surface area contributed by atoms with Crippen LogP contribution in [0.2, 0.25) is 0 Å². The molecule has 0 radical (unpaired) electrons. The number of pyridine rings is 2. The fourth-order valence-corrected chi connectivity index (χ4v) is 5.86. The molecule has 2 heterocycles. The molecule has 2 heteroatoms. The van der Waals surface area contributed by atoms with Crippen LogP contribution in [-0.4, -0.2) is 9.97 Å². The molecule has 2 nitrogen and oxygen atoms in total. The molecule has 0 saturated heterocycles. The van der Waals surface area contributed by atoms with Crippen molar-refractivity contribution in [2.24, 2.45) is 0 Å². The third-order valence-electron chi connectivity index (χ3n) is 7.33. The van der Waals surface area contributed by atoms with Crippen molar-refractivity contribution >= 4 is 32.6 Å². The van der Waals surface area contributed by atoms with Gasteiger partial charge in [-0.15, -0.1) is 0 Å². The number of hydrogen-bond acceptors (Lipinski definition) is 2. The van der Waals surface area contributed by atoms with Crippen LogP contribution in [0.1, 0.15) is 25.0 Å². The van der Waals surface area contributed by atoms with Gasteiger partial charge in [-0.2, -0.15) is 0 Å². The first kappa shape index (κ1) is 18.5. The molecule has 2 aromatic heterocycles. The van der Waals surface area contributed by atoms with Crippen LogP contribution in [0.5, 0.6) is 0 Å². The fraction of sp³-hybridized carbons (Fsp3) is 0.0968. The van der Waals surface area contributed by atoms with Gasteiger partial charge in [0, 0.05) is 34.0 Å². The van der Waals surface area contributed by atoms with Gasteiger partial charge in [0.2, 0.25) is 0 Å². The smallest absolute Gasteiger partial charge is 0.0783 e. The van der Waals surface area contributed by atoms with Gasteiger partial charge >= 0.3 is 0 Å². The number of para-hydroxylation sites is 1. The molecule has 1 aliphatic carbocycles. The lowest BCUT2D eigenvalue weighted by Gasteiger charge is -2.24. The predicted molar refractivity (Wildman–Crippen MR) is 138 cm³/mol. The molecule has 0 atom stereocenters. The summed E-state index contributed by atoms with van der Waals surface area (Å²) in [5.41, 5.74) is 9.90. The van der Waals surface area contributed by atoms with Gasteiger partial charge in [0.25, 0.3) is 0 Å². The average Bonchev–Trinajstić information content (AvgIpc) is 3.11. The summed E-state index contributed by atoms with van der Waals surface area (Å²) in [6, 6.07) is 30.5. The van der Waals surface area contributed by atoms with Gasteiger partial charge < -0.3 is 0 Å². The number of rotatable bonds is 1. The molecule has 0 spiro atoms. The van der Waals surface area contributed by atoms with Crippen molar-refractivity contribution in [2.75, 3.05) is 0 Å². The molecule has 0 bridgehead atoms. The topological polar surface area (TPSA) is 25.8 Å². The highest BCUT2D eigenvalue weighted by molar-refractivity contribution is 6.17. The molecule has 0 amide bonds. The van der Waals surface area contributed by atoms with Crippen LogP contribution in [0, 0.1) is 0 Å². The predicted octanol–water partition coefficient (Wildman–Crippen LogP) is 7.91. The Labute approximate surface area is 192 Å². The zero-order chi connectivity index (χ0) is 22.2. The Morgan fingerprint density at radius 2 is 1.36 bits per heavy atom. The Hall–Kier alpha value is -4.04. The Bertz CT molecular complexity index is 1740. The van der Waals surface area contributed by atoms with E-state index >= 15 is 0 Å². The van der Waals surface area contributed by atoms with E-state index in [4.69, 9.17) is 4.98 Å². The third-order valence-corrected chi connectivity index (χ3v) is 7.33. The normalized spacial score (nSPS) is 14.0. The molecule has 4 aromatic carbocycles. The van der Waals surface area contributed by atoms with E-state index in [0.717, 1.165) is 11.0 Å². The minimum Gasteiger partial charge on any atom is -0.256 e. The van der Waals surface area contributed by atoms with E-state index in [1.54, 1.807) is 0 Å². The van der Waals surface area contributed by atoms with E-state index in [2.05, 4.69) is 97.7 Å². The van der Waals surface area contributed by atoms with Crippen molar-refractivity contribution in [1.29, 1.82) is 0 Å². The molecule has 0 aliphatic heterocycles. The summed E-state index contributed by atoms with van der Waals surface area (Å²) in [6.45, 7) is 4.71. The molecule has 0 N–H and O–H groups in total. The van der Waals surface area contributed by atoms with Crippen LogP contribution in [0.3, 0.4) is 0 Å². The summed E-state index contributed by atoms with van der Waals surface area (Å²) >= 11 is 0. The number of benzene rings is 4. The summed E-state index contributed by atoms with van der Waals surface area (Å²) in [5, 5.41) is 4.95. The molecule has 156 valence electrons. The molecule has 33 heavy (non-hydrogen) atoms. The highest BCUT2D eigenvalue weighted by Crippen LogP contribution is 2.54. The summed E-state index contributed by atoms with van der Waals surface area (Å²) in [5.74, 6) is 0. The second kappa shape index (κ2) is 6.49. The van der Waals surface area contributed by atoms with Crippen LogP contribution in [0.15, 0.2) is 97.3 Å². The quantitative estimate of drug-likeness (QED) is 0.252. The molecular formula is C31H22N2. The van der Waals surface area contributed by atoms with Gasteiger partial charge in [-0.3, -0.25) is 9.97 Å². The Morgan fingerprint density at radius 1 is 0.606 bits per heavy atom. The number of aromatic nitrogens is 2. The van der Waals surface area contributed by atoms with Gasteiger partial charge in [-0.25, -0.2) is 0 Å². The number of nitrogens with zero attached hydrogens (tertiary/aromatic N) is 2. The molecular weight excluding hydrogens is 400 g/mol. The lowest BCUT2D eigenvalue weighted by molar-refractivity contribution is 0.666. The van der Waals surface area contributed by atoms with Crippen molar-refractivity contribution in [2.45, 2.75) is 19.3 Å². The maximum absolute atomic E-state index is 4.81. The molecule has 0 saturated carbocycles. The highest BCUT2D eigenvalue weighted by Gasteiger charge is 2.38. The van der Waals surface area contributed by atoms with E-state index in [1.165, 1.54) is 54.9 Å². The van der Waals surface area contributed by atoms with Crippen molar-refractivity contribution in [3.63, 3.8) is 0 Å². The lowest BCUT2D eigenvalue weighted by atomic mass is 9.79. The van der Waals surface area contributed by atoms with Gasteiger partial charge in [-0.1, -0.05) is 74.5 Å². The fourth-order valence-electron chi connectivity index (χ4n) is 5.86. The second-order valence-corrected chi connectivity index (χ2v) is 9.46. The Balaban J connectivity index is 1.57. The Morgan fingerprint density at radius 3 is 2.24 bits per heavy atom. The summed E-state index contributed by atoms with van der Waals surface area (Å²) in [4.78, 5) is 9.37. The summed E-state index contributed by atoms with van der Waals surface area (Å²) < 4.78 is 0. The monoisotopic (exact) mass is 422 g/mol. The van der Waals surface area contributed by atoms with Gasteiger partial charge in [0.15, 0.2) is 0 Å². The zero-order valence-electron chi connectivity index (χ0n) is 18.6. The standard InChI is InChI=1S/C31H22N2/c1-31(2)26-18-19(20-15-17-32-27-12-6-5-8-21(20)27)13-14-24(26)28-22-9-3-4-10-23(22)30-25(29(28)31)11-7-16-33-30/h3-18H,1-2H3. The SMILES string of the molecule is CC1(C)c2cc(-c3ccnc4ccccc34)ccc2-c2c1c1cccnc1c1ccccc21. The zero-order valence-corrected chi connectivity index (χ0v) is 18.6. The maximum atomic E-state index is 4.81. The van der Waals surface area contributed by atoms with Gasteiger partial charge in [-0.05, 0) is 63.0 Å². The second-order valence-electron chi connectivity index (χ2n) is 9.46. The number of fused-ring (bicyclic) bond motifs is 9. The van der Waals surface area contributed by atoms with Gasteiger partial charge in [0.1, 0.15) is 0 Å². The lowest BCUT2D eigenvalue weighted by Crippen LogP contribution is -2.16. The molecule has 0 fully saturated rings. The number of hydrogen-bond donors (Lipinski definition) is 0. The van der Waals surface area contributed by atoms with E-state index in [-0.39, 0.29) is 5.41 Å². The van der Waals surface area contributed by atoms with Crippen molar-refractivity contribution in [3.8, 4) is 22.3 Å². The minimum atomic E-state index is -0.130. The van der Waals surface area contributed by atoms with Crippen LogP contribution in [0.25, 0.3) is 54.8 Å². The first-order valence-corrected chi connectivity index (χ1v) is 11.4. The summed E-state index contributed by atoms with van der Waals surface area (Å²) in [7, 11) is 0. The van der Waals surface area contributed by atoms with Crippen LogP contribution in [-0.2, 0) is 5.41 Å². The minimum absolute atomic E-state index is 0.130. The molecule has 0 unspecified atom stereocenters. The van der Waals surface area contributed by atoms with Gasteiger partial charge in [0.05, 0.1) is 11.0 Å². The summed E-state index contributed by atoms with van der Waals surface area (Å²) in [6.07, 6.45) is 3.82. The maximum Gasteiger partial charge on any atom is 0.0783 e. The van der Waals surface area contributed by atoms with Crippen molar-refractivity contribution < 1.29 is 0 Å². The van der Waals surface area contributed by atoms with Crippen molar-refractivity contribution in [1.82, 2.24) is 9.97 Å². The largest absolute Gasteiger partial charge is 0.256 e. The average molecular weight is 423 g/mol. The molecule has 1 aliphatic rings. The van der Waals surface area contributed by atoms with E-state index in [0.29, 0.717) is 0 Å². The van der Waals surface area contributed by atoms with E-state index in [1.807, 2.05) is 18.5 Å². The Kier molecular flexibility index (Phi) is 3.64. The van der Waals surface area contributed by atoms with E-state index in [9.17, 15) is 0 Å².